The zero-order valence-electron chi connectivity index (χ0n) is 15.5. The molecule has 0 amide bonds. The van der Waals surface area contributed by atoms with Gasteiger partial charge in [0.15, 0.2) is 0 Å². The Labute approximate surface area is 184 Å². The summed E-state index contributed by atoms with van der Waals surface area (Å²) in [6, 6.07) is 0. The average Bonchev–Trinajstić information content (AvgIpc) is 2.56. The maximum atomic E-state index is 13.5. The van der Waals surface area contributed by atoms with Gasteiger partial charge < -0.3 is 5.11 Å². The fourth-order valence-electron chi connectivity index (χ4n) is 2.04. The van der Waals surface area contributed by atoms with E-state index in [9.17, 15) is 105 Å². The van der Waals surface area contributed by atoms with Gasteiger partial charge in [0.25, 0.3) is 0 Å². The summed E-state index contributed by atoms with van der Waals surface area (Å²) in [4.78, 5) is 0. The van der Waals surface area contributed by atoms with Crippen LogP contribution in [0.4, 0.5) is 105 Å². The highest BCUT2D eigenvalue weighted by atomic mass is 19.4. The van der Waals surface area contributed by atoms with Crippen LogP contribution in [0, 0.1) is 5.92 Å². The van der Waals surface area contributed by atoms with Crippen molar-refractivity contribution in [3.8, 4) is 0 Å². The Morgan fingerprint density at radius 1 is 0.324 bits per heavy atom. The van der Waals surface area contributed by atoms with Crippen LogP contribution in [0.1, 0.15) is 0 Å². The van der Waals surface area contributed by atoms with Gasteiger partial charge in [-0.15, -0.1) is 0 Å². The van der Waals surface area contributed by atoms with Gasteiger partial charge in [0, 0.05) is 0 Å². The molecule has 0 aromatic heterocycles. The summed E-state index contributed by atoms with van der Waals surface area (Å²) in [5.41, 5.74) is 0. The summed E-state index contributed by atoms with van der Waals surface area (Å²) in [5, 5.41) is 8.01. The molecule has 37 heavy (non-hydrogen) atoms. The molecule has 1 radical (unpaired) electrons. The zero-order chi connectivity index (χ0) is 31.1. The van der Waals surface area contributed by atoms with Crippen molar-refractivity contribution in [1.82, 2.24) is 0 Å². The molecule has 0 spiro atoms. The van der Waals surface area contributed by atoms with E-state index >= 15 is 0 Å². The molecule has 0 rings (SSSR count). The highest BCUT2D eigenvalue weighted by molar-refractivity contribution is 5.27. The lowest BCUT2D eigenvalue weighted by Crippen LogP contribution is -2.76. The third-order valence-corrected chi connectivity index (χ3v) is 4.03. The summed E-state index contributed by atoms with van der Waals surface area (Å²) in [6.07, 6.45) is -24.2. The molecular weight excluding hydrogens is 616 g/mol. The van der Waals surface area contributed by atoms with Gasteiger partial charge in [-0.3, -0.25) is 0 Å². The van der Waals surface area contributed by atoms with Crippen LogP contribution in [0.5, 0.6) is 0 Å². The monoisotopic (exact) mass is 617 g/mol. The van der Waals surface area contributed by atoms with Crippen LogP contribution in [-0.4, -0.2) is 70.9 Å². The molecule has 25 heteroatoms. The largest absolute Gasteiger partial charge is 0.460 e. The number of alkyl halides is 24. The molecule has 0 aliphatic carbocycles. The Morgan fingerprint density at radius 2 is 0.568 bits per heavy atom. The number of aliphatic hydroxyl groups is 1. The Kier molecular flexibility index (Phi) is 8.00. The lowest BCUT2D eigenvalue weighted by Gasteiger charge is -2.45. The fourth-order valence-corrected chi connectivity index (χ4v) is 2.04. The predicted octanol–water partition coefficient (Wildman–Crippen LogP) is 7.35. The van der Waals surface area contributed by atoms with Gasteiger partial charge in [-0.2, -0.15) is 101 Å². The van der Waals surface area contributed by atoms with E-state index in [-0.39, 0.29) is 0 Å². The highest BCUT2D eigenvalue weighted by Gasteiger charge is 2.97. The molecule has 0 fully saturated rings. The molecule has 223 valence electrons. The van der Waals surface area contributed by atoms with Gasteiger partial charge in [0.05, 0.1) is 0 Å². The second-order valence-corrected chi connectivity index (χ2v) is 6.51. The van der Waals surface area contributed by atoms with E-state index in [2.05, 4.69) is 0 Å². The molecule has 0 aromatic carbocycles. The first-order chi connectivity index (χ1) is 15.4. The molecule has 0 saturated heterocycles. The van der Waals surface area contributed by atoms with Crippen LogP contribution >= 0.6 is 0 Å². The van der Waals surface area contributed by atoms with Gasteiger partial charge in [-0.05, 0) is 0 Å². The standard InChI is InChI=1S/C12HF24O/c13-2(14,1(4(16,17)18)3(15,37)11(31,32)33)5(19,20)6(21,22)7(23,24)8(25,26)9(27,28)10(29,30)12(34,35)36/h37H. The Bertz CT molecular complexity index is 822. The van der Waals surface area contributed by atoms with E-state index in [0.717, 1.165) is 0 Å². The normalized spacial score (nSPS) is 18.3. The third kappa shape index (κ3) is 4.58. The molecule has 0 saturated carbocycles. The van der Waals surface area contributed by atoms with Crippen molar-refractivity contribution in [3.63, 3.8) is 0 Å². The summed E-state index contributed by atoms with van der Waals surface area (Å²) in [7, 11) is 0. The smallest absolute Gasteiger partial charge is 0.354 e. The summed E-state index contributed by atoms with van der Waals surface area (Å²) < 4.78 is 308. The van der Waals surface area contributed by atoms with E-state index in [0.29, 0.717) is 0 Å². The van der Waals surface area contributed by atoms with E-state index in [4.69, 9.17) is 5.11 Å². The van der Waals surface area contributed by atoms with Crippen LogP contribution < -0.4 is 0 Å². The Balaban J connectivity index is 7.36. The van der Waals surface area contributed by atoms with Crippen LogP contribution in [0.3, 0.4) is 0 Å². The van der Waals surface area contributed by atoms with Crippen molar-refractivity contribution in [2.75, 3.05) is 0 Å². The number of hydrogen-bond donors (Lipinski definition) is 1. The minimum Gasteiger partial charge on any atom is -0.354 e. The molecule has 0 heterocycles. The van der Waals surface area contributed by atoms with Gasteiger partial charge in [0.1, 0.15) is 0 Å². The van der Waals surface area contributed by atoms with E-state index in [1.165, 1.54) is 0 Å². The first-order valence-corrected chi connectivity index (χ1v) is 7.51. The van der Waals surface area contributed by atoms with E-state index in [1.54, 1.807) is 0 Å². The Hall–Kier alpha value is -1.72. The number of halogens is 24. The first-order valence-electron chi connectivity index (χ1n) is 7.51. The quantitative estimate of drug-likeness (QED) is 0.283. The van der Waals surface area contributed by atoms with Gasteiger partial charge in [-0.1, -0.05) is 0 Å². The van der Waals surface area contributed by atoms with Crippen molar-refractivity contribution < 1.29 is 110 Å². The third-order valence-electron chi connectivity index (χ3n) is 4.03. The van der Waals surface area contributed by atoms with Crippen molar-refractivity contribution in [3.05, 3.63) is 5.92 Å². The van der Waals surface area contributed by atoms with Crippen LogP contribution in [0.15, 0.2) is 0 Å². The van der Waals surface area contributed by atoms with Gasteiger partial charge >= 0.3 is 65.8 Å². The van der Waals surface area contributed by atoms with Crippen LogP contribution in [0.2, 0.25) is 0 Å². The minimum absolute atomic E-state index is 6.20. The molecule has 1 atom stereocenters. The molecule has 0 aliphatic heterocycles. The van der Waals surface area contributed by atoms with Crippen molar-refractivity contribution in [1.29, 1.82) is 0 Å². The molecule has 0 aliphatic rings. The molecule has 0 bridgehead atoms. The van der Waals surface area contributed by atoms with Crippen LogP contribution in [0.25, 0.3) is 0 Å². The van der Waals surface area contributed by atoms with Gasteiger partial charge in [0.2, 0.25) is 5.92 Å². The summed E-state index contributed by atoms with van der Waals surface area (Å²) >= 11 is 0. The topological polar surface area (TPSA) is 20.2 Å². The lowest BCUT2D eigenvalue weighted by molar-refractivity contribution is -0.464. The maximum absolute atomic E-state index is 13.5. The fraction of sp³-hybridized carbons (Fsp3) is 0.917. The molecule has 0 aromatic rings. The second-order valence-electron chi connectivity index (χ2n) is 6.51. The highest BCUT2D eigenvalue weighted by Crippen LogP contribution is 2.67. The predicted molar refractivity (Wildman–Crippen MR) is 62.1 cm³/mol. The first kappa shape index (κ1) is 35.3. The summed E-state index contributed by atoms with van der Waals surface area (Å²) in [5.74, 6) is -78.4. The Morgan fingerprint density at radius 3 is 0.784 bits per heavy atom. The van der Waals surface area contributed by atoms with Crippen molar-refractivity contribution >= 4 is 0 Å². The van der Waals surface area contributed by atoms with Crippen LogP contribution in [-0.2, 0) is 0 Å². The molecule has 1 nitrogen and oxygen atoms in total. The maximum Gasteiger partial charge on any atom is 0.460 e. The second kappa shape index (κ2) is 8.39. The van der Waals surface area contributed by atoms with Crippen molar-refractivity contribution in [2.45, 2.75) is 65.8 Å². The SMILES string of the molecule is OC(F)([C](C(F)(F)F)C(F)(F)C(F)(F)C(F)(F)C(F)(F)C(F)(F)C(F)(F)C(F)(F)C(F)(F)F)C(F)(F)F. The minimum atomic E-state index is -9.46. The molecule has 1 N–H and O–H groups in total. The lowest BCUT2D eigenvalue weighted by atomic mass is 9.81. The molecule has 1 unspecified atom stereocenters. The zero-order valence-corrected chi connectivity index (χ0v) is 15.5. The number of rotatable bonds is 8. The van der Waals surface area contributed by atoms with Crippen molar-refractivity contribution in [2.24, 2.45) is 0 Å². The number of hydrogen-bond acceptors (Lipinski definition) is 1. The van der Waals surface area contributed by atoms with Gasteiger partial charge in [-0.25, -0.2) is 4.39 Å². The summed E-state index contributed by atoms with van der Waals surface area (Å²) in [6.45, 7) is 0. The van der Waals surface area contributed by atoms with E-state index < -0.39 is 71.8 Å². The van der Waals surface area contributed by atoms with E-state index in [1.807, 2.05) is 0 Å². The average molecular weight is 617 g/mol. The molecular formula is C12HF24O.